The zero-order chi connectivity index (χ0) is 21.7. The van der Waals surface area contributed by atoms with Gasteiger partial charge in [0.05, 0.1) is 17.4 Å². The Labute approximate surface area is 177 Å². The van der Waals surface area contributed by atoms with E-state index in [2.05, 4.69) is 4.98 Å². The van der Waals surface area contributed by atoms with Crippen molar-refractivity contribution < 1.29 is 28.7 Å². The summed E-state index contributed by atoms with van der Waals surface area (Å²) in [5.74, 6) is -1.05. The Morgan fingerprint density at radius 3 is 2.57 bits per heavy atom. The minimum absolute atomic E-state index is 0.0429. The highest BCUT2D eigenvalue weighted by molar-refractivity contribution is 8.00. The van der Waals surface area contributed by atoms with E-state index in [4.69, 9.17) is 9.47 Å². The summed E-state index contributed by atoms with van der Waals surface area (Å²) in [6.07, 6.45) is 1.52. The molecule has 0 saturated carbocycles. The Bertz CT molecular complexity index is 976. The van der Waals surface area contributed by atoms with Crippen LogP contribution in [0.1, 0.15) is 34.1 Å². The number of ketones is 1. The SMILES string of the molecule is CCOc1ccc(C(=O)COC(=O)c2cccnc2SC2CC(=O)N(C)C2=O)cc1. The number of carbonyl (C=O) groups is 4. The highest BCUT2D eigenvalue weighted by Gasteiger charge is 2.37. The molecule has 1 unspecified atom stereocenters. The van der Waals surface area contributed by atoms with Crippen molar-refractivity contribution in [3.05, 3.63) is 53.7 Å². The molecule has 0 N–H and O–H groups in total. The summed E-state index contributed by atoms with van der Waals surface area (Å²) in [6, 6.07) is 9.61. The van der Waals surface area contributed by atoms with Gasteiger partial charge in [0, 0.05) is 25.2 Å². The number of thioether (sulfide) groups is 1. The molecule has 156 valence electrons. The number of rotatable bonds is 8. The maximum atomic E-state index is 12.5. The van der Waals surface area contributed by atoms with E-state index in [9.17, 15) is 19.2 Å². The Hall–Kier alpha value is -3.20. The number of likely N-dealkylation sites (tertiary alicyclic amines) is 1. The van der Waals surface area contributed by atoms with Crippen molar-refractivity contribution >= 4 is 35.3 Å². The van der Waals surface area contributed by atoms with Gasteiger partial charge in [0.25, 0.3) is 0 Å². The van der Waals surface area contributed by atoms with E-state index in [0.29, 0.717) is 17.9 Å². The van der Waals surface area contributed by atoms with Gasteiger partial charge in [0.2, 0.25) is 11.8 Å². The smallest absolute Gasteiger partial charge is 0.341 e. The number of nitrogens with zero attached hydrogens (tertiary/aromatic N) is 2. The van der Waals surface area contributed by atoms with Gasteiger partial charge in [-0.25, -0.2) is 9.78 Å². The van der Waals surface area contributed by atoms with Gasteiger partial charge in [0.15, 0.2) is 12.4 Å². The minimum Gasteiger partial charge on any atom is -0.494 e. The molecular weight excluding hydrogens is 408 g/mol. The number of Topliss-reactive ketones (excluding diaryl/α,β-unsaturated/α-hetero) is 1. The molecule has 1 aromatic heterocycles. The fourth-order valence-corrected chi connectivity index (χ4v) is 3.94. The van der Waals surface area contributed by atoms with Crippen molar-refractivity contribution in [3.63, 3.8) is 0 Å². The van der Waals surface area contributed by atoms with Gasteiger partial charge < -0.3 is 9.47 Å². The molecule has 30 heavy (non-hydrogen) atoms. The third kappa shape index (κ3) is 4.85. The molecule has 1 aromatic carbocycles. The molecule has 9 heteroatoms. The van der Waals surface area contributed by atoms with Crippen molar-refractivity contribution in [2.75, 3.05) is 20.3 Å². The topological polar surface area (TPSA) is 103 Å². The summed E-state index contributed by atoms with van der Waals surface area (Å²) >= 11 is 1.04. The van der Waals surface area contributed by atoms with Gasteiger partial charge in [0.1, 0.15) is 10.8 Å². The van der Waals surface area contributed by atoms with Crippen molar-refractivity contribution in [1.82, 2.24) is 9.88 Å². The van der Waals surface area contributed by atoms with E-state index in [-0.39, 0.29) is 34.6 Å². The largest absolute Gasteiger partial charge is 0.494 e. The van der Waals surface area contributed by atoms with E-state index in [1.165, 1.54) is 19.3 Å². The number of pyridine rings is 1. The predicted octanol–water partition coefficient (Wildman–Crippen LogP) is 2.37. The summed E-state index contributed by atoms with van der Waals surface area (Å²) in [5, 5.41) is -0.369. The molecule has 0 aliphatic carbocycles. The number of carbonyl (C=O) groups excluding carboxylic acids is 4. The second-order valence-electron chi connectivity index (χ2n) is 6.41. The number of esters is 1. The van der Waals surface area contributed by atoms with Crippen LogP contribution in [0, 0.1) is 0 Å². The molecule has 1 saturated heterocycles. The number of aromatic nitrogens is 1. The lowest BCUT2D eigenvalue weighted by atomic mass is 10.1. The van der Waals surface area contributed by atoms with E-state index in [1.807, 2.05) is 6.92 Å². The molecule has 1 atom stereocenters. The predicted molar refractivity (Wildman–Crippen MR) is 109 cm³/mol. The Balaban J connectivity index is 1.64. The van der Waals surface area contributed by atoms with Gasteiger partial charge in [-0.3, -0.25) is 19.3 Å². The average Bonchev–Trinajstić information content (AvgIpc) is 2.99. The maximum absolute atomic E-state index is 12.5. The second-order valence-corrected chi connectivity index (χ2v) is 7.61. The number of imide groups is 1. The lowest BCUT2D eigenvalue weighted by Crippen LogP contribution is -2.26. The van der Waals surface area contributed by atoms with Crippen LogP contribution >= 0.6 is 11.8 Å². The highest BCUT2D eigenvalue weighted by atomic mass is 32.2. The van der Waals surface area contributed by atoms with Crippen LogP contribution in [0.25, 0.3) is 0 Å². The number of benzene rings is 1. The van der Waals surface area contributed by atoms with Crippen LogP contribution in [0.15, 0.2) is 47.6 Å². The van der Waals surface area contributed by atoms with Crippen molar-refractivity contribution in [3.8, 4) is 5.75 Å². The number of amides is 2. The first kappa shape index (κ1) is 21.5. The Morgan fingerprint density at radius 2 is 1.93 bits per heavy atom. The summed E-state index contributed by atoms with van der Waals surface area (Å²) in [7, 11) is 1.42. The molecule has 2 aromatic rings. The first-order valence-electron chi connectivity index (χ1n) is 9.26. The van der Waals surface area contributed by atoms with Crippen LogP contribution in [0.3, 0.4) is 0 Å². The van der Waals surface area contributed by atoms with Gasteiger partial charge in [-0.1, -0.05) is 11.8 Å². The third-order valence-corrected chi connectivity index (χ3v) is 5.61. The van der Waals surface area contributed by atoms with Gasteiger partial charge in [-0.05, 0) is 43.3 Å². The first-order valence-corrected chi connectivity index (χ1v) is 10.1. The van der Waals surface area contributed by atoms with Crippen LogP contribution in [-0.4, -0.2) is 59.0 Å². The summed E-state index contributed by atoms with van der Waals surface area (Å²) in [6.45, 7) is 1.95. The van der Waals surface area contributed by atoms with E-state index in [1.54, 1.807) is 30.3 Å². The molecule has 0 spiro atoms. The standard InChI is InChI=1S/C21H20N2O6S/c1-3-28-14-8-6-13(7-9-14)16(24)12-29-21(27)15-5-4-10-22-19(15)30-17-11-18(25)23(2)20(17)26/h4-10,17H,3,11-12H2,1-2H3. The lowest BCUT2D eigenvalue weighted by Gasteiger charge is -2.11. The maximum Gasteiger partial charge on any atom is 0.341 e. The fourth-order valence-electron chi connectivity index (χ4n) is 2.78. The van der Waals surface area contributed by atoms with Crippen LogP contribution in [-0.2, 0) is 14.3 Å². The van der Waals surface area contributed by atoms with Crippen LogP contribution in [0.4, 0.5) is 0 Å². The first-order chi connectivity index (χ1) is 14.4. The summed E-state index contributed by atoms with van der Waals surface area (Å²) in [4.78, 5) is 53.9. The summed E-state index contributed by atoms with van der Waals surface area (Å²) < 4.78 is 10.5. The quantitative estimate of drug-likeness (QED) is 0.359. The monoisotopic (exact) mass is 428 g/mol. The van der Waals surface area contributed by atoms with Crippen molar-refractivity contribution in [1.29, 1.82) is 0 Å². The van der Waals surface area contributed by atoms with E-state index < -0.39 is 17.8 Å². The minimum atomic E-state index is -0.727. The van der Waals surface area contributed by atoms with Crippen LogP contribution in [0.5, 0.6) is 5.75 Å². The molecule has 2 amide bonds. The third-order valence-electron chi connectivity index (χ3n) is 4.41. The van der Waals surface area contributed by atoms with Gasteiger partial charge in [-0.15, -0.1) is 0 Å². The molecule has 8 nitrogen and oxygen atoms in total. The molecule has 0 bridgehead atoms. The molecule has 3 rings (SSSR count). The molecule has 1 aliphatic heterocycles. The van der Waals surface area contributed by atoms with E-state index in [0.717, 1.165) is 16.7 Å². The Morgan fingerprint density at radius 1 is 1.20 bits per heavy atom. The number of hydrogen-bond donors (Lipinski definition) is 0. The van der Waals surface area contributed by atoms with Crippen LogP contribution < -0.4 is 4.74 Å². The molecule has 2 heterocycles. The van der Waals surface area contributed by atoms with Crippen LogP contribution in [0.2, 0.25) is 0 Å². The Kier molecular flexibility index (Phi) is 6.83. The molecule has 0 radical (unpaired) electrons. The van der Waals surface area contributed by atoms with Crippen molar-refractivity contribution in [2.45, 2.75) is 23.6 Å². The normalized spacial score (nSPS) is 15.9. The fraction of sp³-hybridized carbons (Fsp3) is 0.286. The molecule has 1 fully saturated rings. The second kappa shape index (κ2) is 9.53. The zero-order valence-corrected chi connectivity index (χ0v) is 17.3. The van der Waals surface area contributed by atoms with E-state index >= 15 is 0 Å². The van der Waals surface area contributed by atoms with Gasteiger partial charge >= 0.3 is 5.97 Å². The molecule has 1 aliphatic rings. The molecular formula is C21H20N2O6S. The zero-order valence-electron chi connectivity index (χ0n) is 16.5. The number of ether oxygens (including phenoxy) is 2. The van der Waals surface area contributed by atoms with Crippen molar-refractivity contribution in [2.24, 2.45) is 0 Å². The summed E-state index contributed by atoms with van der Waals surface area (Å²) in [5.41, 5.74) is 0.530. The average molecular weight is 428 g/mol. The lowest BCUT2D eigenvalue weighted by molar-refractivity contribution is -0.136. The highest BCUT2D eigenvalue weighted by Crippen LogP contribution is 2.31. The number of hydrogen-bond acceptors (Lipinski definition) is 8. The van der Waals surface area contributed by atoms with Gasteiger partial charge in [-0.2, -0.15) is 0 Å².